The molecule has 2 aliphatic heterocycles. The maximum atomic E-state index is 12.4. The zero-order valence-electron chi connectivity index (χ0n) is 19.3. The van der Waals surface area contributed by atoms with Crippen molar-refractivity contribution in [3.05, 3.63) is 29.8 Å². The molecular formula is C23H35N5O3. The van der Waals surface area contributed by atoms with Crippen molar-refractivity contribution >= 4 is 23.6 Å². The molecule has 0 radical (unpaired) electrons. The Kier molecular flexibility index (Phi) is 7.08. The van der Waals surface area contributed by atoms with Crippen LogP contribution in [0.4, 0.5) is 10.5 Å². The van der Waals surface area contributed by atoms with Gasteiger partial charge in [-0.25, -0.2) is 4.79 Å². The number of amides is 2. The molecule has 31 heavy (non-hydrogen) atoms. The molecule has 0 spiro atoms. The monoisotopic (exact) mass is 429 g/mol. The number of hydrogen-bond donors (Lipinski definition) is 2. The summed E-state index contributed by atoms with van der Waals surface area (Å²) in [5.41, 5.74) is 1.39. The van der Waals surface area contributed by atoms with Gasteiger partial charge in [0.15, 0.2) is 5.96 Å². The highest BCUT2D eigenvalue weighted by atomic mass is 16.6. The van der Waals surface area contributed by atoms with Crippen LogP contribution in [-0.2, 0) is 16.1 Å². The van der Waals surface area contributed by atoms with Gasteiger partial charge in [0.05, 0.1) is 12.6 Å². The minimum atomic E-state index is -0.490. The summed E-state index contributed by atoms with van der Waals surface area (Å²) in [6.45, 7) is 12.9. The van der Waals surface area contributed by atoms with Crippen LogP contribution in [0.3, 0.4) is 0 Å². The van der Waals surface area contributed by atoms with Crippen molar-refractivity contribution in [2.24, 2.45) is 10.9 Å². The van der Waals surface area contributed by atoms with Gasteiger partial charge in [-0.3, -0.25) is 9.79 Å². The lowest BCUT2D eigenvalue weighted by atomic mass is 10.1. The van der Waals surface area contributed by atoms with Gasteiger partial charge in [0, 0.05) is 38.3 Å². The van der Waals surface area contributed by atoms with E-state index in [9.17, 15) is 9.59 Å². The summed E-state index contributed by atoms with van der Waals surface area (Å²) in [6, 6.07) is 8.03. The number of guanidine groups is 1. The van der Waals surface area contributed by atoms with Crippen LogP contribution in [0.15, 0.2) is 29.3 Å². The Morgan fingerprint density at radius 1 is 1.26 bits per heavy atom. The van der Waals surface area contributed by atoms with E-state index in [0.29, 0.717) is 38.5 Å². The first-order valence-corrected chi connectivity index (χ1v) is 11.0. The molecule has 1 unspecified atom stereocenters. The maximum Gasteiger partial charge on any atom is 0.410 e. The molecule has 8 nitrogen and oxygen atoms in total. The Labute approximate surface area is 185 Å². The first-order valence-electron chi connectivity index (χ1n) is 11.0. The number of fused-ring (bicyclic) bond motifs is 1. The predicted molar refractivity (Wildman–Crippen MR) is 122 cm³/mol. The molecule has 3 rings (SSSR count). The fourth-order valence-corrected chi connectivity index (χ4v) is 3.75. The number of anilines is 1. The molecule has 2 amide bonds. The molecule has 2 N–H and O–H groups in total. The number of aliphatic imine (C=N–C) groups is 1. The van der Waals surface area contributed by atoms with Crippen molar-refractivity contribution in [3.63, 3.8) is 0 Å². The zero-order valence-corrected chi connectivity index (χ0v) is 19.3. The summed E-state index contributed by atoms with van der Waals surface area (Å²) in [7, 11) is 0. The SMILES string of the molecule is CC(C)CC(=O)Nc1cccc(CNC2=NCC3CN(C(=O)OC(C)(C)C)CCN23)c1. The second-order valence-electron chi connectivity index (χ2n) is 9.64. The molecule has 2 aliphatic rings. The Bertz CT molecular complexity index is 831. The number of carbonyl (C=O) groups excluding carboxylic acids is 2. The van der Waals surface area contributed by atoms with Gasteiger partial charge in [-0.2, -0.15) is 0 Å². The summed E-state index contributed by atoms with van der Waals surface area (Å²) in [5.74, 6) is 1.23. The Morgan fingerprint density at radius 2 is 2.03 bits per heavy atom. The van der Waals surface area contributed by atoms with Gasteiger partial charge in [-0.1, -0.05) is 26.0 Å². The number of carbonyl (C=O) groups is 2. The van der Waals surface area contributed by atoms with E-state index in [2.05, 4.69) is 20.5 Å². The van der Waals surface area contributed by atoms with E-state index in [1.165, 1.54) is 0 Å². The number of piperazine rings is 1. The normalized spacial score (nSPS) is 18.5. The highest BCUT2D eigenvalue weighted by molar-refractivity contribution is 5.90. The summed E-state index contributed by atoms with van der Waals surface area (Å²) in [5, 5.41) is 6.38. The molecule has 0 bridgehead atoms. The van der Waals surface area contributed by atoms with Crippen LogP contribution in [0.2, 0.25) is 0 Å². The highest BCUT2D eigenvalue weighted by Gasteiger charge is 2.36. The molecular weight excluding hydrogens is 394 g/mol. The quantitative estimate of drug-likeness (QED) is 0.751. The standard InChI is InChI=1S/C23H35N5O3/c1-16(2)11-20(29)26-18-8-6-7-17(12-18)13-24-21-25-14-19-15-27(9-10-28(19)21)22(30)31-23(3,4)5/h6-8,12,16,19H,9-11,13-15H2,1-5H3,(H,24,25)(H,26,29). The summed E-state index contributed by atoms with van der Waals surface area (Å²) in [4.78, 5) is 33.0. The van der Waals surface area contributed by atoms with Crippen molar-refractivity contribution in [1.82, 2.24) is 15.1 Å². The van der Waals surface area contributed by atoms with E-state index in [1.807, 2.05) is 58.9 Å². The third-order valence-corrected chi connectivity index (χ3v) is 5.11. The van der Waals surface area contributed by atoms with Crippen LogP contribution in [0.1, 0.15) is 46.6 Å². The fraction of sp³-hybridized carbons (Fsp3) is 0.609. The van der Waals surface area contributed by atoms with Crippen LogP contribution in [0, 0.1) is 5.92 Å². The van der Waals surface area contributed by atoms with E-state index >= 15 is 0 Å². The van der Waals surface area contributed by atoms with Crippen LogP contribution in [0.5, 0.6) is 0 Å². The second-order valence-corrected chi connectivity index (χ2v) is 9.64. The molecule has 0 saturated carbocycles. The number of benzene rings is 1. The Balaban J connectivity index is 1.50. The third-order valence-electron chi connectivity index (χ3n) is 5.11. The summed E-state index contributed by atoms with van der Waals surface area (Å²) < 4.78 is 5.50. The van der Waals surface area contributed by atoms with Crippen molar-refractivity contribution in [2.75, 3.05) is 31.5 Å². The number of nitrogens with zero attached hydrogens (tertiary/aromatic N) is 3. The third kappa shape index (κ3) is 6.60. The van der Waals surface area contributed by atoms with Crippen molar-refractivity contribution in [3.8, 4) is 0 Å². The van der Waals surface area contributed by atoms with Crippen LogP contribution in [0.25, 0.3) is 0 Å². The Morgan fingerprint density at radius 3 is 2.74 bits per heavy atom. The maximum absolute atomic E-state index is 12.4. The van der Waals surface area contributed by atoms with Crippen molar-refractivity contribution in [2.45, 2.75) is 59.2 Å². The predicted octanol–water partition coefficient (Wildman–Crippen LogP) is 3.05. The van der Waals surface area contributed by atoms with Gasteiger partial charge >= 0.3 is 6.09 Å². The first-order chi connectivity index (χ1) is 14.6. The summed E-state index contributed by atoms with van der Waals surface area (Å²) >= 11 is 0. The average Bonchev–Trinajstić information content (AvgIpc) is 3.07. The topological polar surface area (TPSA) is 86.3 Å². The molecule has 170 valence electrons. The van der Waals surface area contributed by atoms with E-state index in [0.717, 1.165) is 23.8 Å². The van der Waals surface area contributed by atoms with E-state index in [1.54, 1.807) is 4.90 Å². The van der Waals surface area contributed by atoms with Gasteiger partial charge in [0.25, 0.3) is 0 Å². The molecule has 1 atom stereocenters. The molecule has 0 aliphatic carbocycles. The van der Waals surface area contributed by atoms with Gasteiger partial charge < -0.3 is 25.2 Å². The van der Waals surface area contributed by atoms with Gasteiger partial charge in [-0.05, 0) is 44.4 Å². The lowest BCUT2D eigenvalue weighted by Gasteiger charge is -2.39. The molecule has 1 fully saturated rings. The zero-order chi connectivity index (χ0) is 22.6. The minimum absolute atomic E-state index is 0.0333. The number of rotatable bonds is 5. The fourth-order valence-electron chi connectivity index (χ4n) is 3.75. The van der Waals surface area contributed by atoms with Crippen LogP contribution in [-0.4, -0.2) is 65.6 Å². The number of ether oxygens (including phenoxy) is 1. The van der Waals surface area contributed by atoms with Crippen molar-refractivity contribution in [1.29, 1.82) is 0 Å². The van der Waals surface area contributed by atoms with E-state index in [4.69, 9.17) is 4.74 Å². The van der Waals surface area contributed by atoms with E-state index < -0.39 is 5.60 Å². The smallest absolute Gasteiger partial charge is 0.410 e. The van der Waals surface area contributed by atoms with Crippen LogP contribution >= 0.6 is 0 Å². The lowest BCUT2D eigenvalue weighted by molar-refractivity contribution is -0.116. The average molecular weight is 430 g/mol. The number of hydrogen-bond acceptors (Lipinski definition) is 6. The summed E-state index contributed by atoms with van der Waals surface area (Å²) in [6.07, 6.45) is 0.251. The molecule has 1 saturated heterocycles. The molecule has 2 heterocycles. The van der Waals surface area contributed by atoms with Gasteiger partial charge in [0.2, 0.25) is 5.91 Å². The van der Waals surface area contributed by atoms with Crippen molar-refractivity contribution < 1.29 is 14.3 Å². The molecule has 8 heteroatoms. The van der Waals surface area contributed by atoms with Gasteiger partial charge in [0.1, 0.15) is 5.60 Å². The number of nitrogens with one attached hydrogen (secondary N) is 2. The van der Waals surface area contributed by atoms with E-state index in [-0.39, 0.29) is 18.0 Å². The van der Waals surface area contributed by atoms with Crippen LogP contribution < -0.4 is 10.6 Å². The minimum Gasteiger partial charge on any atom is -0.444 e. The molecule has 0 aromatic heterocycles. The Hall–Kier alpha value is -2.77. The molecule has 1 aromatic carbocycles. The lowest BCUT2D eigenvalue weighted by Crippen LogP contribution is -2.57. The largest absolute Gasteiger partial charge is 0.444 e. The van der Waals surface area contributed by atoms with Gasteiger partial charge in [-0.15, -0.1) is 0 Å². The first kappa shape index (κ1) is 22.9. The molecule has 1 aromatic rings. The highest BCUT2D eigenvalue weighted by Crippen LogP contribution is 2.19. The second kappa shape index (κ2) is 9.58.